The first-order chi connectivity index (χ1) is 26.1. The molecule has 1 aliphatic heterocycles. The van der Waals surface area contributed by atoms with E-state index in [1.54, 1.807) is 0 Å². The van der Waals surface area contributed by atoms with Crippen LogP contribution in [-0.4, -0.2) is 10.3 Å². The number of hydrogen-bond acceptors (Lipinski definition) is 3. The van der Waals surface area contributed by atoms with E-state index in [0.717, 1.165) is 73.6 Å². The van der Waals surface area contributed by atoms with Crippen molar-refractivity contribution in [2.75, 3.05) is 4.90 Å². The Labute approximate surface area is 309 Å². The predicted octanol–water partition coefficient (Wildman–Crippen LogP) is 12.7. The summed E-state index contributed by atoms with van der Waals surface area (Å²) in [6.07, 6.45) is 9.22. The smallest absolute Gasteiger partial charge is 0.159 e. The van der Waals surface area contributed by atoms with Crippen LogP contribution in [0.2, 0.25) is 0 Å². The monoisotopic (exact) mass is 683 g/mol. The Hall–Kier alpha value is -6.91. The summed E-state index contributed by atoms with van der Waals surface area (Å²) in [5, 5.41) is 3.38. The van der Waals surface area contributed by atoms with Gasteiger partial charge in [-0.05, 0) is 54.8 Å². The Morgan fingerprint density at radius 3 is 2.13 bits per heavy atom. The summed E-state index contributed by atoms with van der Waals surface area (Å²) in [6, 6.07) is 50.5. The molecule has 0 atom stereocenters. The number of para-hydroxylation sites is 3. The van der Waals surface area contributed by atoms with Crippen molar-refractivity contribution in [2.24, 2.45) is 4.99 Å². The number of hydrogen-bond donors (Lipinski definition) is 0. The molecular formula is C49H37N3O. The van der Waals surface area contributed by atoms with Crippen molar-refractivity contribution < 1.29 is 4.42 Å². The highest BCUT2D eigenvalue weighted by Crippen LogP contribution is 2.46. The van der Waals surface area contributed by atoms with Gasteiger partial charge >= 0.3 is 0 Å². The lowest BCUT2D eigenvalue weighted by atomic mass is 10.0. The van der Waals surface area contributed by atoms with Crippen molar-refractivity contribution >= 4 is 55.6 Å². The van der Waals surface area contributed by atoms with Crippen molar-refractivity contribution in [3.05, 3.63) is 217 Å². The summed E-state index contributed by atoms with van der Waals surface area (Å²) < 4.78 is 9.48. The maximum Gasteiger partial charge on any atom is 0.159 e. The zero-order valence-corrected chi connectivity index (χ0v) is 29.5. The minimum atomic E-state index is 0.667. The van der Waals surface area contributed by atoms with Gasteiger partial charge in [0.05, 0.1) is 28.1 Å². The molecule has 254 valence electrons. The Morgan fingerprint density at radius 1 is 0.679 bits per heavy atom. The van der Waals surface area contributed by atoms with Crippen LogP contribution in [0.25, 0.3) is 44.2 Å². The molecule has 0 aliphatic carbocycles. The topological polar surface area (TPSA) is 33.7 Å². The molecule has 8 aromatic rings. The minimum Gasteiger partial charge on any atom is -0.452 e. The van der Waals surface area contributed by atoms with Crippen molar-refractivity contribution in [3.8, 4) is 5.69 Å². The van der Waals surface area contributed by atoms with Crippen LogP contribution in [0.3, 0.4) is 0 Å². The lowest BCUT2D eigenvalue weighted by molar-refractivity contribution is 0.602. The molecule has 0 unspecified atom stereocenters. The van der Waals surface area contributed by atoms with Crippen LogP contribution in [0, 0.1) is 6.92 Å². The highest BCUT2D eigenvalue weighted by Gasteiger charge is 2.28. The Morgan fingerprint density at radius 2 is 1.36 bits per heavy atom. The largest absolute Gasteiger partial charge is 0.452 e. The van der Waals surface area contributed by atoms with Crippen molar-refractivity contribution in [1.82, 2.24) is 4.57 Å². The lowest BCUT2D eigenvalue weighted by Crippen LogP contribution is -2.17. The molecule has 6 aromatic carbocycles. The van der Waals surface area contributed by atoms with Gasteiger partial charge < -0.3 is 13.9 Å². The fraction of sp³-hybridized carbons (Fsp3) is 0.0408. The van der Waals surface area contributed by atoms with E-state index in [1.165, 1.54) is 16.3 Å². The third-order valence-corrected chi connectivity index (χ3v) is 10.1. The van der Waals surface area contributed by atoms with E-state index in [0.29, 0.717) is 11.5 Å². The van der Waals surface area contributed by atoms with E-state index in [2.05, 4.69) is 151 Å². The quantitative estimate of drug-likeness (QED) is 0.163. The highest BCUT2D eigenvalue weighted by molar-refractivity contribution is 6.18. The van der Waals surface area contributed by atoms with Gasteiger partial charge in [-0.1, -0.05) is 153 Å². The molecule has 9 rings (SSSR count). The van der Waals surface area contributed by atoms with E-state index in [1.807, 2.05) is 48.5 Å². The number of aliphatic imine (C=N–C) groups is 1. The third-order valence-electron chi connectivity index (χ3n) is 10.1. The lowest BCUT2D eigenvalue weighted by Gasteiger charge is -2.29. The highest BCUT2D eigenvalue weighted by atomic mass is 16.3. The molecule has 0 fully saturated rings. The van der Waals surface area contributed by atoms with Gasteiger partial charge in [-0.15, -0.1) is 0 Å². The molecule has 0 N–H and O–H groups in total. The van der Waals surface area contributed by atoms with Gasteiger partial charge in [-0.3, -0.25) is 0 Å². The van der Waals surface area contributed by atoms with E-state index in [4.69, 9.17) is 9.41 Å². The van der Waals surface area contributed by atoms with Crippen LogP contribution in [0.4, 0.5) is 11.4 Å². The van der Waals surface area contributed by atoms with Crippen LogP contribution >= 0.6 is 0 Å². The van der Waals surface area contributed by atoms with Crippen LogP contribution in [0.15, 0.2) is 198 Å². The van der Waals surface area contributed by atoms with Gasteiger partial charge in [0, 0.05) is 38.7 Å². The maximum absolute atomic E-state index is 7.09. The summed E-state index contributed by atoms with van der Waals surface area (Å²) in [7, 11) is 0. The molecule has 1 aliphatic rings. The zero-order valence-electron chi connectivity index (χ0n) is 29.5. The summed E-state index contributed by atoms with van der Waals surface area (Å²) in [6.45, 7) is 11.2. The molecule has 53 heavy (non-hydrogen) atoms. The average molecular weight is 684 g/mol. The molecule has 0 saturated heterocycles. The normalized spacial score (nSPS) is 14.5. The van der Waals surface area contributed by atoms with Crippen LogP contribution in [0.5, 0.6) is 0 Å². The number of anilines is 2. The fourth-order valence-corrected chi connectivity index (χ4v) is 7.58. The van der Waals surface area contributed by atoms with Gasteiger partial charge in [0.25, 0.3) is 0 Å². The van der Waals surface area contributed by atoms with Gasteiger partial charge in [-0.25, -0.2) is 4.99 Å². The molecule has 0 saturated carbocycles. The molecule has 0 spiro atoms. The first-order valence-electron chi connectivity index (χ1n) is 17.9. The fourth-order valence-electron chi connectivity index (χ4n) is 7.58. The van der Waals surface area contributed by atoms with Crippen molar-refractivity contribution in [2.45, 2.75) is 13.3 Å². The van der Waals surface area contributed by atoms with E-state index in [-0.39, 0.29) is 0 Å². The van der Waals surface area contributed by atoms with E-state index >= 15 is 0 Å². The van der Waals surface area contributed by atoms with Crippen LogP contribution in [0.1, 0.15) is 28.0 Å². The standard InChI is InChI=1S/C49H37N3O/c1-33-19-8-4-13-24-38-31-32-42-41-27-16-17-29-43(41)52(39-25-14-7-15-26-39)47(42)46(38)51(33)44-30-18-28-40-34(2)48(53-49(40)44)45(37-22-11-6-12-23-37)50-35(3)36-20-9-5-10-21-36/h4-23,25-32H,1,3,24H2,2H3/b13-4-,19-8-,50-45?. The van der Waals surface area contributed by atoms with Gasteiger partial charge in [0.2, 0.25) is 0 Å². The molecule has 0 bridgehead atoms. The SMILES string of the molecule is C=C(N=C(c1ccccc1)c1oc2c(N3C(=C)/C=C\C=C/Cc4ccc5c6ccccc6n(-c6ccccc6)c5c43)cccc2c1C)c1ccccc1. The number of aromatic nitrogens is 1. The molecule has 0 amide bonds. The minimum absolute atomic E-state index is 0.667. The number of benzene rings is 6. The second kappa shape index (κ2) is 13.3. The average Bonchev–Trinajstić information content (AvgIpc) is 3.75. The summed E-state index contributed by atoms with van der Waals surface area (Å²) in [4.78, 5) is 7.45. The van der Waals surface area contributed by atoms with E-state index in [9.17, 15) is 0 Å². The Kier molecular flexibility index (Phi) is 8.06. The van der Waals surface area contributed by atoms with Crippen molar-refractivity contribution in [3.63, 3.8) is 0 Å². The zero-order chi connectivity index (χ0) is 35.9. The number of aryl methyl sites for hydroxylation is 1. The second-order valence-corrected chi connectivity index (χ2v) is 13.3. The second-order valence-electron chi connectivity index (χ2n) is 13.3. The van der Waals surface area contributed by atoms with Gasteiger partial charge in [-0.2, -0.15) is 0 Å². The maximum atomic E-state index is 7.09. The van der Waals surface area contributed by atoms with Gasteiger partial charge in [0.15, 0.2) is 11.3 Å². The number of allylic oxidation sites excluding steroid dienone is 4. The van der Waals surface area contributed by atoms with Gasteiger partial charge in [0.1, 0.15) is 5.71 Å². The molecule has 0 radical (unpaired) electrons. The molecule has 2 aromatic heterocycles. The number of fused-ring (bicyclic) bond motifs is 6. The Balaban J connectivity index is 1.33. The molecule has 4 heteroatoms. The third kappa shape index (κ3) is 5.53. The summed E-state index contributed by atoms with van der Waals surface area (Å²) in [5.74, 6) is 0.708. The summed E-state index contributed by atoms with van der Waals surface area (Å²) in [5.41, 5.74) is 12.4. The summed E-state index contributed by atoms with van der Waals surface area (Å²) >= 11 is 0. The van der Waals surface area contributed by atoms with Crippen LogP contribution in [-0.2, 0) is 6.42 Å². The number of rotatable bonds is 6. The van der Waals surface area contributed by atoms with E-state index < -0.39 is 0 Å². The molecule has 3 heterocycles. The first-order valence-corrected chi connectivity index (χ1v) is 17.9. The molecule has 4 nitrogen and oxygen atoms in total. The van der Waals surface area contributed by atoms with Crippen LogP contribution < -0.4 is 4.90 Å². The first kappa shape index (κ1) is 32.0. The Bertz CT molecular complexity index is 2780. The molecular weight excluding hydrogens is 647 g/mol. The van der Waals surface area contributed by atoms with Crippen molar-refractivity contribution in [1.29, 1.82) is 0 Å². The number of nitrogens with zero attached hydrogens (tertiary/aromatic N) is 3. The predicted molar refractivity (Wildman–Crippen MR) is 223 cm³/mol. The number of furan rings is 1.